The Balaban J connectivity index is 2.13. The van der Waals surface area contributed by atoms with Gasteiger partial charge in [-0.15, -0.1) is 11.8 Å². The molecule has 0 spiro atoms. The lowest BCUT2D eigenvalue weighted by Crippen LogP contribution is -2.27. The highest BCUT2D eigenvalue weighted by Crippen LogP contribution is 2.17. The smallest absolute Gasteiger partial charge is 0.0106 e. The third kappa shape index (κ3) is 5.57. The average molecular weight is 237 g/mol. The van der Waals surface area contributed by atoms with Gasteiger partial charge in [0, 0.05) is 23.2 Å². The lowest BCUT2D eigenvalue weighted by atomic mass is 10.2. The Labute approximate surface area is 104 Å². The van der Waals surface area contributed by atoms with Gasteiger partial charge in [-0.25, -0.2) is 0 Å². The minimum Gasteiger partial charge on any atom is -0.313 e. The lowest BCUT2D eigenvalue weighted by Gasteiger charge is -2.12. The highest BCUT2D eigenvalue weighted by molar-refractivity contribution is 7.99. The van der Waals surface area contributed by atoms with E-state index in [4.69, 9.17) is 0 Å². The van der Waals surface area contributed by atoms with Crippen molar-refractivity contribution in [2.75, 3.05) is 12.3 Å². The summed E-state index contributed by atoms with van der Waals surface area (Å²) in [5.74, 6) is 1.15. The van der Waals surface area contributed by atoms with E-state index in [0.717, 1.165) is 12.3 Å². The van der Waals surface area contributed by atoms with Crippen molar-refractivity contribution in [3.05, 3.63) is 29.8 Å². The zero-order chi connectivity index (χ0) is 11.8. The fraction of sp³-hybridized carbons (Fsp3) is 0.571. The molecule has 0 heterocycles. The third-order valence-corrected chi connectivity index (χ3v) is 3.62. The van der Waals surface area contributed by atoms with Crippen molar-refractivity contribution in [2.24, 2.45) is 0 Å². The van der Waals surface area contributed by atoms with E-state index in [2.05, 4.69) is 50.4 Å². The topological polar surface area (TPSA) is 12.0 Å². The molecule has 0 bridgehead atoms. The number of benzene rings is 1. The van der Waals surface area contributed by atoms with E-state index >= 15 is 0 Å². The van der Waals surface area contributed by atoms with Gasteiger partial charge in [-0.1, -0.05) is 31.0 Å². The van der Waals surface area contributed by atoms with Crippen LogP contribution in [0.3, 0.4) is 0 Å². The highest BCUT2D eigenvalue weighted by Gasteiger charge is 1.99. The number of thioether (sulfide) groups is 1. The van der Waals surface area contributed by atoms with Crippen molar-refractivity contribution < 1.29 is 0 Å². The maximum absolute atomic E-state index is 3.54. The molecular weight excluding hydrogens is 214 g/mol. The molecule has 1 atom stereocenters. The predicted octanol–water partition coefficient (Wildman–Crippen LogP) is 3.87. The van der Waals surface area contributed by atoms with Gasteiger partial charge in [-0.05, 0) is 32.4 Å². The van der Waals surface area contributed by atoms with E-state index in [0.29, 0.717) is 6.04 Å². The number of aryl methyl sites for hydroxylation is 1. The molecule has 0 aliphatic rings. The van der Waals surface area contributed by atoms with E-state index in [1.807, 2.05) is 11.8 Å². The van der Waals surface area contributed by atoms with Crippen LogP contribution in [0.15, 0.2) is 29.2 Å². The van der Waals surface area contributed by atoms with Gasteiger partial charge in [0.15, 0.2) is 0 Å². The molecule has 0 saturated heterocycles. The first-order chi connectivity index (χ1) is 7.72. The molecule has 0 aromatic heterocycles. The molecule has 1 aromatic rings. The summed E-state index contributed by atoms with van der Waals surface area (Å²) < 4.78 is 0. The molecule has 1 aromatic carbocycles. The van der Waals surface area contributed by atoms with Crippen LogP contribution in [-0.4, -0.2) is 18.3 Å². The molecule has 0 aliphatic carbocycles. The molecule has 1 rings (SSSR count). The molecule has 1 nitrogen and oxygen atoms in total. The van der Waals surface area contributed by atoms with Crippen LogP contribution in [0.5, 0.6) is 0 Å². The van der Waals surface area contributed by atoms with E-state index < -0.39 is 0 Å². The minimum atomic E-state index is 0.656. The summed E-state index contributed by atoms with van der Waals surface area (Å²) in [6.07, 6.45) is 2.54. The largest absolute Gasteiger partial charge is 0.313 e. The van der Waals surface area contributed by atoms with Crippen molar-refractivity contribution in [3.63, 3.8) is 0 Å². The number of hydrogen-bond acceptors (Lipinski definition) is 2. The Hall–Kier alpha value is -0.470. The average Bonchev–Trinajstić information content (AvgIpc) is 2.27. The first-order valence-corrected chi connectivity index (χ1v) is 7.13. The van der Waals surface area contributed by atoms with Gasteiger partial charge >= 0.3 is 0 Å². The van der Waals surface area contributed by atoms with Crippen LogP contribution in [0.25, 0.3) is 0 Å². The van der Waals surface area contributed by atoms with Gasteiger partial charge in [0.2, 0.25) is 0 Å². The van der Waals surface area contributed by atoms with Crippen molar-refractivity contribution in [1.29, 1.82) is 0 Å². The number of nitrogens with one attached hydrogen (secondary N) is 1. The summed E-state index contributed by atoms with van der Waals surface area (Å²) in [5, 5.41) is 3.54. The summed E-state index contributed by atoms with van der Waals surface area (Å²) in [7, 11) is 0. The Kier molecular flexibility index (Phi) is 6.58. The van der Waals surface area contributed by atoms with Gasteiger partial charge in [0.25, 0.3) is 0 Å². The number of rotatable bonds is 7. The van der Waals surface area contributed by atoms with Gasteiger partial charge in [0.05, 0.1) is 0 Å². The van der Waals surface area contributed by atoms with Crippen LogP contribution in [0.1, 0.15) is 32.3 Å². The SMILES string of the molecule is CCCC(C)NCCSc1ccc(C)cc1. The molecule has 0 amide bonds. The molecule has 1 N–H and O–H groups in total. The summed E-state index contributed by atoms with van der Waals surface area (Å²) in [5.41, 5.74) is 1.33. The van der Waals surface area contributed by atoms with Crippen LogP contribution in [0.2, 0.25) is 0 Å². The standard InChI is InChI=1S/C14H23NS/c1-4-5-13(3)15-10-11-16-14-8-6-12(2)7-9-14/h6-9,13,15H,4-5,10-11H2,1-3H3. The van der Waals surface area contributed by atoms with Crippen LogP contribution >= 0.6 is 11.8 Å². The van der Waals surface area contributed by atoms with Crippen LogP contribution in [0, 0.1) is 6.92 Å². The maximum atomic E-state index is 3.54. The first kappa shape index (κ1) is 13.6. The molecule has 0 radical (unpaired) electrons. The molecular formula is C14H23NS. The summed E-state index contributed by atoms with van der Waals surface area (Å²) in [4.78, 5) is 1.37. The Bertz CT molecular complexity index is 281. The highest BCUT2D eigenvalue weighted by atomic mass is 32.2. The summed E-state index contributed by atoms with van der Waals surface area (Å²) in [6.45, 7) is 7.72. The zero-order valence-electron chi connectivity index (χ0n) is 10.6. The van der Waals surface area contributed by atoms with E-state index in [-0.39, 0.29) is 0 Å². The minimum absolute atomic E-state index is 0.656. The van der Waals surface area contributed by atoms with Crippen LogP contribution < -0.4 is 5.32 Å². The Morgan fingerprint density at radius 1 is 1.25 bits per heavy atom. The Morgan fingerprint density at radius 3 is 2.56 bits per heavy atom. The second kappa shape index (κ2) is 7.75. The van der Waals surface area contributed by atoms with E-state index in [9.17, 15) is 0 Å². The molecule has 0 saturated carbocycles. The van der Waals surface area contributed by atoms with E-state index in [1.54, 1.807) is 0 Å². The molecule has 2 heteroatoms. The Morgan fingerprint density at radius 2 is 1.94 bits per heavy atom. The van der Waals surface area contributed by atoms with Crippen molar-refractivity contribution in [2.45, 2.75) is 44.6 Å². The van der Waals surface area contributed by atoms with Crippen LogP contribution in [0.4, 0.5) is 0 Å². The maximum Gasteiger partial charge on any atom is 0.0106 e. The molecule has 0 fully saturated rings. The van der Waals surface area contributed by atoms with Crippen molar-refractivity contribution in [3.8, 4) is 0 Å². The predicted molar refractivity (Wildman–Crippen MR) is 74.3 cm³/mol. The molecule has 1 unspecified atom stereocenters. The number of hydrogen-bond donors (Lipinski definition) is 1. The molecule has 0 aliphatic heterocycles. The van der Waals surface area contributed by atoms with Crippen molar-refractivity contribution >= 4 is 11.8 Å². The second-order valence-corrected chi connectivity index (χ2v) is 5.47. The lowest BCUT2D eigenvalue weighted by molar-refractivity contribution is 0.526. The summed E-state index contributed by atoms with van der Waals surface area (Å²) in [6, 6.07) is 9.42. The molecule has 16 heavy (non-hydrogen) atoms. The van der Waals surface area contributed by atoms with Gasteiger partial charge < -0.3 is 5.32 Å². The quantitative estimate of drug-likeness (QED) is 0.571. The zero-order valence-corrected chi connectivity index (χ0v) is 11.4. The van der Waals surface area contributed by atoms with Gasteiger partial charge in [-0.2, -0.15) is 0 Å². The fourth-order valence-corrected chi connectivity index (χ4v) is 2.43. The molecule has 90 valence electrons. The second-order valence-electron chi connectivity index (χ2n) is 4.31. The first-order valence-electron chi connectivity index (χ1n) is 6.15. The van der Waals surface area contributed by atoms with Crippen LogP contribution in [-0.2, 0) is 0 Å². The normalized spacial score (nSPS) is 12.7. The third-order valence-electron chi connectivity index (χ3n) is 2.61. The fourth-order valence-electron chi connectivity index (χ4n) is 1.64. The van der Waals surface area contributed by atoms with E-state index in [1.165, 1.54) is 23.3 Å². The van der Waals surface area contributed by atoms with Gasteiger partial charge in [-0.3, -0.25) is 0 Å². The monoisotopic (exact) mass is 237 g/mol. The summed E-state index contributed by atoms with van der Waals surface area (Å²) >= 11 is 1.93. The van der Waals surface area contributed by atoms with Gasteiger partial charge in [0.1, 0.15) is 0 Å². The van der Waals surface area contributed by atoms with Crippen molar-refractivity contribution in [1.82, 2.24) is 5.32 Å².